The zero-order valence-electron chi connectivity index (χ0n) is 25.8. The van der Waals surface area contributed by atoms with Gasteiger partial charge in [-0.2, -0.15) is 5.10 Å². The second kappa shape index (κ2) is 11.1. The molecule has 1 unspecified atom stereocenters. The van der Waals surface area contributed by atoms with Crippen LogP contribution in [-0.2, 0) is 23.5 Å². The quantitative estimate of drug-likeness (QED) is 0.398. The fraction of sp³-hybridized carbons (Fsp3) is 0.560. The smallest absolute Gasteiger partial charge is 0.277 e. The van der Waals surface area contributed by atoms with Crippen LogP contribution >= 0.6 is 0 Å². The third-order valence-corrected chi connectivity index (χ3v) is 7.69. The fourth-order valence-corrected chi connectivity index (χ4v) is 5.51. The first-order valence-corrected chi connectivity index (χ1v) is 13.6. The summed E-state index contributed by atoms with van der Waals surface area (Å²) in [7, 11) is -2.43. The van der Waals surface area contributed by atoms with Crippen molar-refractivity contribution in [3.05, 3.63) is 34.2 Å². The lowest BCUT2D eigenvalue weighted by Crippen LogP contribution is -2.31. The standard InChI is InChI=1S/C25H36N6O4S/c1-5-8-20-22-23(31(4)29-20)25(32)28-24(27-22)19-16-18(10-11-21(19)35-15-6-2)36(33,34)26-13-12-17-9-7-14-30(17)3/h10-11,16-17,26H,5-9,12-15H2,1-4H3,(H,27,28,32)/i3D3,5D2. The van der Waals surface area contributed by atoms with Crippen molar-refractivity contribution >= 4 is 21.1 Å². The Bertz CT molecular complexity index is 1570. The number of nitrogens with zero attached hydrogens (tertiary/aromatic N) is 4. The highest BCUT2D eigenvalue weighted by Gasteiger charge is 2.23. The van der Waals surface area contributed by atoms with Gasteiger partial charge in [0.25, 0.3) is 5.56 Å². The maximum absolute atomic E-state index is 13.3. The molecule has 2 aromatic heterocycles. The summed E-state index contributed by atoms with van der Waals surface area (Å²) in [5.74, 6) is 0.389. The number of aromatic nitrogens is 4. The Kier molecular flexibility index (Phi) is 6.26. The van der Waals surface area contributed by atoms with Gasteiger partial charge in [-0.25, -0.2) is 18.1 Å². The monoisotopic (exact) mass is 521 g/mol. The van der Waals surface area contributed by atoms with Crippen molar-refractivity contribution < 1.29 is 20.0 Å². The number of ether oxygens (including phenoxy) is 1. The summed E-state index contributed by atoms with van der Waals surface area (Å²) in [5.41, 5.74) is 0.444. The summed E-state index contributed by atoms with van der Waals surface area (Å²) in [4.78, 5) is 21.7. The van der Waals surface area contributed by atoms with Gasteiger partial charge in [-0.05, 0) is 63.8 Å². The van der Waals surface area contributed by atoms with Crippen LogP contribution in [0.5, 0.6) is 5.75 Å². The molecule has 0 saturated carbocycles. The third kappa shape index (κ3) is 5.47. The van der Waals surface area contributed by atoms with Crippen molar-refractivity contribution in [1.29, 1.82) is 0 Å². The van der Waals surface area contributed by atoms with Gasteiger partial charge < -0.3 is 14.6 Å². The number of sulfonamides is 1. The Morgan fingerprint density at radius 1 is 1.36 bits per heavy atom. The second-order valence-corrected chi connectivity index (χ2v) is 10.7. The molecule has 11 heteroatoms. The summed E-state index contributed by atoms with van der Waals surface area (Å²) in [6, 6.07) is 4.04. The van der Waals surface area contributed by atoms with Crippen LogP contribution in [0, 0.1) is 0 Å². The minimum Gasteiger partial charge on any atom is -0.493 e. The van der Waals surface area contributed by atoms with E-state index in [9.17, 15) is 13.2 Å². The maximum Gasteiger partial charge on any atom is 0.277 e. The zero-order valence-corrected chi connectivity index (χ0v) is 21.6. The van der Waals surface area contributed by atoms with Gasteiger partial charge in [-0.15, -0.1) is 0 Å². The molecule has 10 nitrogen and oxygen atoms in total. The molecular weight excluding hydrogens is 480 g/mol. The van der Waals surface area contributed by atoms with Crippen molar-refractivity contribution in [2.24, 2.45) is 7.05 Å². The van der Waals surface area contributed by atoms with Gasteiger partial charge in [-0.1, -0.05) is 20.2 Å². The number of hydrogen-bond donors (Lipinski definition) is 2. The van der Waals surface area contributed by atoms with Crippen LogP contribution in [-0.4, -0.2) is 65.8 Å². The van der Waals surface area contributed by atoms with E-state index >= 15 is 0 Å². The zero-order chi connectivity index (χ0) is 30.2. The predicted octanol–water partition coefficient (Wildman–Crippen LogP) is 2.83. The Labute approximate surface area is 219 Å². The predicted molar refractivity (Wildman–Crippen MR) is 140 cm³/mol. The highest BCUT2D eigenvalue weighted by Crippen LogP contribution is 2.31. The van der Waals surface area contributed by atoms with Crippen LogP contribution in [0.2, 0.25) is 0 Å². The van der Waals surface area contributed by atoms with Crippen LogP contribution in [0.1, 0.15) is 58.5 Å². The minimum atomic E-state index is -4.00. The number of fused-ring (bicyclic) bond motifs is 1. The van der Waals surface area contributed by atoms with Crippen molar-refractivity contribution in [3.63, 3.8) is 0 Å². The molecule has 3 aromatic rings. The van der Waals surface area contributed by atoms with E-state index in [1.54, 1.807) is 7.05 Å². The summed E-state index contributed by atoms with van der Waals surface area (Å²) in [5, 5.41) is 4.30. The normalized spacial score (nSPS) is 19.5. The Balaban J connectivity index is 1.68. The first-order valence-electron chi connectivity index (χ1n) is 14.6. The number of aromatic amines is 1. The molecular formula is C25H36N6O4S. The van der Waals surface area contributed by atoms with Gasteiger partial charge in [0.15, 0.2) is 5.52 Å². The SMILES string of the molecule is [2H]C([2H])(C)Cc1nn(C)c2c(=O)[nH]c(-c3cc(S(=O)(=O)NCCC4CCCN4C([2H])([2H])[2H])ccc3OCCC)nc12. The molecule has 0 amide bonds. The summed E-state index contributed by atoms with van der Waals surface area (Å²) < 4.78 is 75.3. The maximum atomic E-state index is 13.3. The third-order valence-electron chi connectivity index (χ3n) is 6.23. The molecule has 1 atom stereocenters. The summed E-state index contributed by atoms with van der Waals surface area (Å²) in [6.45, 7) is 1.97. The van der Waals surface area contributed by atoms with Crippen LogP contribution in [0.3, 0.4) is 0 Å². The lowest BCUT2D eigenvalue weighted by atomic mass is 10.1. The molecule has 196 valence electrons. The van der Waals surface area contributed by atoms with Gasteiger partial charge in [0.2, 0.25) is 10.0 Å². The van der Waals surface area contributed by atoms with Crippen LogP contribution < -0.4 is 15.0 Å². The van der Waals surface area contributed by atoms with E-state index in [0.29, 0.717) is 43.9 Å². The Hall–Kier alpha value is -2.76. The molecule has 1 aliphatic heterocycles. The molecule has 36 heavy (non-hydrogen) atoms. The van der Waals surface area contributed by atoms with Gasteiger partial charge >= 0.3 is 0 Å². The van der Waals surface area contributed by atoms with Crippen LogP contribution in [0.4, 0.5) is 0 Å². The second-order valence-electron chi connectivity index (χ2n) is 8.89. The molecule has 0 radical (unpaired) electrons. The number of aryl methyl sites for hydroxylation is 2. The first-order chi connectivity index (χ1) is 19.1. The van der Waals surface area contributed by atoms with Crippen molar-refractivity contribution in [1.82, 2.24) is 29.4 Å². The number of H-pyrrole nitrogens is 1. The molecule has 0 bridgehead atoms. The lowest BCUT2D eigenvalue weighted by Gasteiger charge is -2.19. The minimum absolute atomic E-state index is 0.0576. The highest BCUT2D eigenvalue weighted by molar-refractivity contribution is 7.89. The number of benzene rings is 1. The van der Waals surface area contributed by atoms with Crippen molar-refractivity contribution in [3.8, 4) is 17.1 Å². The first kappa shape index (κ1) is 20.3. The Morgan fingerprint density at radius 2 is 2.19 bits per heavy atom. The van der Waals surface area contributed by atoms with E-state index in [-0.39, 0.29) is 46.3 Å². The number of hydrogen-bond acceptors (Lipinski definition) is 7. The molecule has 1 saturated heterocycles. The lowest BCUT2D eigenvalue weighted by molar-refractivity contribution is 0.297. The van der Waals surface area contributed by atoms with Gasteiger partial charge in [0.05, 0.1) is 22.8 Å². The molecule has 0 aliphatic carbocycles. The average Bonchev–Trinajstić information content (AvgIpc) is 3.46. The summed E-state index contributed by atoms with van der Waals surface area (Å²) in [6.07, 6.45) is 0.803. The fourth-order valence-electron chi connectivity index (χ4n) is 4.44. The molecule has 0 spiro atoms. The molecule has 4 rings (SSSR count). The molecule has 1 fully saturated rings. The van der Waals surface area contributed by atoms with E-state index in [0.717, 1.165) is 6.42 Å². The van der Waals surface area contributed by atoms with Crippen molar-refractivity contribution in [2.45, 2.75) is 63.3 Å². The van der Waals surface area contributed by atoms with Gasteiger partial charge in [-0.3, -0.25) is 9.48 Å². The van der Waals surface area contributed by atoms with E-state index in [1.165, 1.54) is 34.7 Å². The van der Waals surface area contributed by atoms with E-state index in [2.05, 4.69) is 19.8 Å². The van der Waals surface area contributed by atoms with E-state index in [1.807, 2.05) is 6.92 Å². The van der Waals surface area contributed by atoms with E-state index in [4.69, 9.17) is 11.6 Å². The van der Waals surface area contributed by atoms with Gasteiger partial charge in [0.1, 0.15) is 17.1 Å². The number of nitrogens with one attached hydrogen (secondary N) is 2. The molecule has 2 N–H and O–H groups in total. The average molecular weight is 522 g/mol. The Morgan fingerprint density at radius 3 is 2.94 bits per heavy atom. The van der Waals surface area contributed by atoms with Crippen LogP contribution in [0.25, 0.3) is 22.4 Å². The molecule has 1 aromatic carbocycles. The summed E-state index contributed by atoms with van der Waals surface area (Å²) >= 11 is 0. The van der Waals surface area contributed by atoms with Crippen LogP contribution in [0.15, 0.2) is 27.9 Å². The topological polar surface area (TPSA) is 122 Å². The largest absolute Gasteiger partial charge is 0.493 e. The highest BCUT2D eigenvalue weighted by atomic mass is 32.2. The number of likely N-dealkylation sites (tertiary alicyclic amines) is 1. The molecule has 3 heterocycles. The van der Waals surface area contributed by atoms with Crippen molar-refractivity contribution in [2.75, 3.05) is 26.7 Å². The van der Waals surface area contributed by atoms with Gasteiger partial charge in [0, 0.05) is 26.5 Å². The number of rotatable bonds is 11. The molecule has 1 aliphatic rings. The van der Waals surface area contributed by atoms with E-state index < -0.39 is 28.9 Å².